The van der Waals surface area contributed by atoms with Gasteiger partial charge in [-0.1, -0.05) is 29.8 Å². The first-order valence-electron chi connectivity index (χ1n) is 9.00. The number of hydrogen-bond donors (Lipinski definition) is 1. The quantitative estimate of drug-likeness (QED) is 0.657. The number of nitrogens with zero attached hydrogens (tertiary/aromatic N) is 2. The predicted octanol–water partition coefficient (Wildman–Crippen LogP) is 3.87. The fraction of sp³-hybridized carbons (Fsp3) is 0.333. The topological polar surface area (TPSA) is 56.1 Å². The van der Waals surface area contributed by atoms with Crippen molar-refractivity contribution in [1.29, 1.82) is 0 Å². The first-order valence-corrected chi connectivity index (χ1v) is 9.00. The summed E-state index contributed by atoms with van der Waals surface area (Å²) in [6, 6.07) is 15.4. The standard InChI is InChI=1S/C21H25N3O2/c1-4-26-14-13-24-19-8-6-5-7-18(19)23-20(24)16(3)22-21(25)17-11-9-15(2)10-12-17/h5-12,16H,4,13-14H2,1-3H3,(H,22,25). The van der Waals surface area contributed by atoms with Crippen LogP contribution in [0.15, 0.2) is 48.5 Å². The number of ether oxygens (including phenoxy) is 1. The molecule has 5 nitrogen and oxygen atoms in total. The van der Waals surface area contributed by atoms with E-state index in [4.69, 9.17) is 9.72 Å². The highest BCUT2D eigenvalue weighted by atomic mass is 16.5. The maximum Gasteiger partial charge on any atom is 0.251 e. The SMILES string of the molecule is CCOCCn1c(C(C)NC(=O)c2ccc(C)cc2)nc2ccccc21. The third-order valence-corrected chi connectivity index (χ3v) is 4.40. The summed E-state index contributed by atoms with van der Waals surface area (Å²) in [7, 11) is 0. The molecule has 0 aliphatic carbocycles. The van der Waals surface area contributed by atoms with Crippen molar-refractivity contribution < 1.29 is 9.53 Å². The van der Waals surface area contributed by atoms with Gasteiger partial charge in [-0.2, -0.15) is 0 Å². The molecule has 1 unspecified atom stereocenters. The number of benzene rings is 2. The minimum Gasteiger partial charge on any atom is -0.380 e. The third-order valence-electron chi connectivity index (χ3n) is 4.40. The molecule has 3 rings (SSSR count). The maximum absolute atomic E-state index is 12.6. The number of nitrogens with one attached hydrogen (secondary N) is 1. The number of carbonyl (C=O) groups excluding carboxylic acids is 1. The second-order valence-corrected chi connectivity index (χ2v) is 6.37. The van der Waals surface area contributed by atoms with Gasteiger partial charge in [0.2, 0.25) is 0 Å². The molecule has 0 aliphatic heterocycles. The molecule has 2 aromatic carbocycles. The highest BCUT2D eigenvalue weighted by Gasteiger charge is 2.19. The molecule has 0 saturated heterocycles. The fourth-order valence-corrected chi connectivity index (χ4v) is 3.01. The van der Waals surface area contributed by atoms with E-state index < -0.39 is 0 Å². The van der Waals surface area contributed by atoms with Gasteiger partial charge >= 0.3 is 0 Å². The molecule has 1 amide bonds. The molecule has 0 aliphatic rings. The van der Waals surface area contributed by atoms with Crippen LogP contribution in [0, 0.1) is 6.92 Å². The fourth-order valence-electron chi connectivity index (χ4n) is 3.01. The Morgan fingerprint density at radius 1 is 1.19 bits per heavy atom. The number of imidazole rings is 1. The lowest BCUT2D eigenvalue weighted by molar-refractivity contribution is 0.0937. The lowest BCUT2D eigenvalue weighted by atomic mass is 10.1. The Morgan fingerprint density at radius 2 is 1.92 bits per heavy atom. The van der Waals surface area contributed by atoms with Crippen LogP contribution in [0.1, 0.15) is 41.6 Å². The minimum absolute atomic E-state index is 0.0964. The average molecular weight is 351 g/mol. The van der Waals surface area contributed by atoms with Crippen LogP contribution in [0.25, 0.3) is 11.0 Å². The molecule has 0 spiro atoms. The molecular formula is C21H25N3O2. The smallest absolute Gasteiger partial charge is 0.251 e. The summed E-state index contributed by atoms with van der Waals surface area (Å²) in [4.78, 5) is 17.3. The molecule has 26 heavy (non-hydrogen) atoms. The molecule has 0 radical (unpaired) electrons. The minimum atomic E-state index is -0.210. The van der Waals surface area contributed by atoms with Gasteiger partial charge < -0.3 is 14.6 Å². The largest absolute Gasteiger partial charge is 0.380 e. The van der Waals surface area contributed by atoms with Gasteiger partial charge in [0.1, 0.15) is 5.82 Å². The van der Waals surface area contributed by atoms with Gasteiger partial charge in [0.25, 0.3) is 5.91 Å². The van der Waals surface area contributed by atoms with Gasteiger partial charge in [-0.3, -0.25) is 4.79 Å². The number of hydrogen-bond acceptors (Lipinski definition) is 3. The van der Waals surface area contributed by atoms with Gasteiger partial charge in [-0.25, -0.2) is 4.98 Å². The van der Waals surface area contributed by atoms with E-state index in [9.17, 15) is 4.79 Å². The summed E-state index contributed by atoms with van der Waals surface area (Å²) < 4.78 is 7.65. The zero-order chi connectivity index (χ0) is 18.5. The highest BCUT2D eigenvalue weighted by Crippen LogP contribution is 2.21. The molecule has 1 heterocycles. The van der Waals surface area contributed by atoms with E-state index >= 15 is 0 Å². The van der Waals surface area contributed by atoms with Crippen molar-refractivity contribution in [3.63, 3.8) is 0 Å². The van der Waals surface area contributed by atoms with Gasteiger partial charge in [0.05, 0.1) is 23.7 Å². The Labute approximate surface area is 154 Å². The highest BCUT2D eigenvalue weighted by molar-refractivity contribution is 5.94. The van der Waals surface area contributed by atoms with E-state index in [1.54, 1.807) is 0 Å². The third kappa shape index (κ3) is 3.94. The predicted molar refractivity (Wildman–Crippen MR) is 103 cm³/mol. The summed E-state index contributed by atoms with van der Waals surface area (Å²) >= 11 is 0. The van der Waals surface area contributed by atoms with Gasteiger partial charge in [-0.05, 0) is 45.0 Å². The Hall–Kier alpha value is -2.66. The lowest BCUT2D eigenvalue weighted by Gasteiger charge is -2.16. The number of rotatable bonds is 7. The van der Waals surface area contributed by atoms with Crippen LogP contribution in [-0.4, -0.2) is 28.7 Å². The summed E-state index contributed by atoms with van der Waals surface area (Å²) in [5.41, 5.74) is 3.76. The van der Waals surface area contributed by atoms with Crippen LogP contribution in [0.2, 0.25) is 0 Å². The van der Waals surface area contributed by atoms with Crippen molar-refractivity contribution in [3.05, 3.63) is 65.5 Å². The molecule has 1 N–H and O–H groups in total. The van der Waals surface area contributed by atoms with Crippen molar-refractivity contribution in [2.75, 3.05) is 13.2 Å². The van der Waals surface area contributed by atoms with Crippen LogP contribution >= 0.6 is 0 Å². The molecule has 0 bridgehead atoms. The molecular weight excluding hydrogens is 326 g/mol. The summed E-state index contributed by atoms with van der Waals surface area (Å²) in [5, 5.41) is 3.06. The number of fused-ring (bicyclic) bond motifs is 1. The van der Waals surface area contributed by atoms with E-state index in [-0.39, 0.29) is 11.9 Å². The Bertz CT molecular complexity index is 884. The van der Waals surface area contributed by atoms with Crippen molar-refractivity contribution in [1.82, 2.24) is 14.9 Å². The normalized spacial score (nSPS) is 12.3. The van der Waals surface area contributed by atoms with Crippen molar-refractivity contribution in [2.45, 2.75) is 33.4 Å². The second kappa shape index (κ2) is 8.15. The van der Waals surface area contributed by atoms with E-state index in [1.807, 2.05) is 69.3 Å². The Kier molecular flexibility index (Phi) is 5.68. The van der Waals surface area contributed by atoms with Crippen LogP contribution in [-0.2, 0) is 11.3 Å². The van der Waals surface area contributed by atoms with Gasteiger partial charge in [-0.15, -0.1) is 0 Å². The molecule has 3 aromatic rings. The molecule has 0 saturated carbocycles. The lowest BCUT2D eigenvalue weighted by Crippen LogP contribution is -2.29. The van der Waals surface area contributed by atoms with Crippen molar-refractivity contribution in [2.24, 2.45) is 0 Å². The monoisotopic (exact) mass is 351 g/mol. The van der Waals surface area contributed by atoms with Crippen molar-refractivity contribution in [3.8, 4) is 0 Å². The van der Waals surface area contributed by atoms with Crippen molar-refractivity contribution >= 4 is 16.9 Å². The molecule has 1 aromatic heterocycles. The summed E-state index contributed by atoms with van der Waals surface area (Å²) in [6.07, 6.45) is 0. The number of carbonyl (C=O) groups is 1. The van der Waals surface area contributed by atoms with Crippen LogP contribution < -0.4 is 5.32 Å². The molecule has 0 fully saturated rings. The van der Waals surface area contributed by atoms with E-state index in [1.165, 1.54) is 0 Å². The number of aromatic nitrogens is 2. The average Bonchev–Trinajstić information content (AvgIpc) is 3.01. The van der Waals surface area contributed by atoms with Crippen LogP contribution in [0.3, 0.4) is 0 Å². The van der Waals surface area contributed by atoms with E-state index in [0.29, 0.717) is 25.3 Å². The maximum atomic E-state index is 12.6. The number of para-hydroxylation sites is 2. The first kappa shape index (κ1) is 18.1. The number of amides is 1. The second-order valence-electron chi connectivity index (χ2n) is 6.37. The van der Waals surface area contributed by atoms with Crippen LogP contribution in [0.4, 0.5) is 0 Å². The van der Waals surface area contributed by atoms with Crippen LogP contribution in [0.5, 0.6) is 0 Å². The zero-order valence-corrected chi connectivity index (χ0v) is 15.5. The van der Waals surface area contributed by atoms with Gasteiger partial charge in [0, 0.05) is 18.7 Å². The molecule has 1 atom stereocenters. The first-order chi connectivity index (χ1) is 12.6. The summed E-state index contributed by atoms with van der Waals surface area (Å²) in [6.45, 7) is 7.95. The zero-order valence-electron chi connectivity index (χ0n) is 15.5. The van der Waals surface area contributed by atoms with Gasteiger partial charge in [0.15, 0.2) is 0 Å². The van der Waals surface area contributed by atoms with E-state index in [0.717, 1.165) is 22.4 Å². The number of aryl methyl sites for hydroxylation is 1. The summed E-state index contributed by atoms with van der Waals surface area (Å²) in [5.74, 6) is 0.743. The molecule has 5 heteroatoms. The molecule has 136 valence electrons. The Balaban J connectivity index is 1.84. The van der Waals surface area contributed by atoms with E-state index in [2.05, 4.69) is 9.88 Å². The Morgan fingerprint density at radius 3 is 2.65 bits per heavy atom.